The fourth-order valence-corrected chi connectivity index (χ4v) is 3.55. The van der Waals surface area contributed by atoms with Crippen LogP contribution in [0, 0.1) is 0 Å². The van der Waals surface area contributed by atoms with Crippen LogP contribution in [0.3, 0.4) is 0 Å². The van der Waals surface area contributed by atoms with E-state index in [1.54, 1.807) is 12.1 Å². The highest BCUT2D eigenvalue weighted by atomic mass is 32.2. The highest BCUT2D eigenvalue weighted by molar-refractivity contribution is 8.00. The third-order valence-electron chi connectivity index (χ3n) is 2.95. The standard InChI is InChI=1S/C13H20N4OS/c1-4-14-12-6-5-11(15-16-12)13(18)17-7-9(2)19-10(3)8-17/h5-6,9-10H,4,7-8H2,1-3H3,(H,14,16). The minimum absolute atomic E-state index is 0.0189. The lowest BCUT2D eigenvalue weighted by Gasteiger charge is -2.34. The molecule has 1 aromatic rings. The molecule has 0 saturated carbocycles. The van der Waals surface area contributed by atoms with Gasteiger partial charge in [-0.2, -0.15) is 11.8 Å². The van der Waals surface area contributed by atoms with Gasteiger partial charge in [-0.25, -0.2) is 0 Å². The topological polar surface area (TPSA) is 58.1 Å². The second kappa shape index (κ2) is 6.23. The maximum atomic E-state index is 12.4. The fraction of sp³-hybridized carbons (Fsp3) is 0.615. The van der Waals surface area contributed by atoms with Crippen LogP contribution in [0.2, 0.25) is 0 Å². The van der Waals surface area contributed by atoms with Crippen molar-refractivity contribution in [2.45, 2.75) is 31.3 Å². The lowest BCUT2D eigenvalue weighted by molar-refractivity contribution is 0.0746. The average molecular weight is 280 g/mol. The molecule has 2 unspecified atom stereocenters. The molecule has 19 heavy (non-hydrogen) atoms. The molecule has 1 aromatic heterocycles. The van der Waals surface area contributed by atoms with Gasteiger partial charge >= 0.3 is 0 Å². The highest BCUT2D eigenvalue weighted by Crippen LogP contribution is 2.25. The van der Waals surface area contributed by atoms with E-state index in [0.29, 0.717) is 22.0 Å². The number of nitrogens with zero attached hydrogens (tertiary/aromatic N) is 3. The van der Waals surface area contributed by atoms with Crippen LogP contribution in [-0.2, 0) is 0 Å². The van der Waals surface area contributed by atoms with E-state index in [1.165, 1.54) is 0 Å². The highest BCUT2D eigenvalue weighted by Gasteiger charge is 2.27. The number of amides is 1. The Labute approximate surface area is 118 Å². The van der Waals surface area contributed by atoms with E-state index >= 15 is 0 Å². The number of carbonyl (C=O) groups excluding carboxylic acids is 1. The lowest BCUT2D eigenvalue weighted by Crippen LogP contribution is -2.44. The van der Waals surface area contributed by atoms with E-state index < -0.39 is 0 Å². The summed E-state index contributed by atoms with van der Waals surface area (Å²) in [6.45, 7) is 8.66. The van der Waals surface area contributed by atoms with Crippen LogP contribution in [0.25, 0.3) is 0 Å². The molecule has 1 N–H and O–H groups in total. The number of carbonyl (C=O) groups is 1. The van der Waals surface area contributed by atoms with Crippen molar-refractivity contribution < 1.29 is 4.79 Å². The Morgan fingerprint density at radius 1 is 1.37 bits per heavy atom. The Morgan fingerprint density at radius 3 is 2.58 bits per heavy atom. The quantitative estimate of drug-likeness (QED) is 0.916. The monoisotopic (exact) mass is 280 g/mol. The van der Waals surface area contributed by atoms with Crippen LogP contribution in [-0.4, -0.2) is 51.1 Å². The number of aromatic nitrogens is 2. The molecule has 5 nitrogen and oxygen atoms in total. The van der Waals surface area contributed by atoms with E-state index in [1.807, 2.05) is 23.6 Å². The van der Waals surface area contributed by atoms with Crippen molar-refractivity contribution in [2.24, 2.45) is 0 Å². The van der Waals surface area contributed by atoms with Crippen LogP contribution >= 0.6 is 11.8 Å². The zero-order valence-electron chi connectivity index (χ0n) is 11.6. The van der Waals surface area contributed by atoms with Crippen molar-refractivity contribution in [3.05, 3.63) is 17.8 Å². The molecule has 1 aliphatic heterocycles. The first-order chi connectivity index (χ1) is 9.10. The number of hydrogen-bond acceptors (Lipinski definition) is 5. The van der Waals surface area contributed by atoms with E-state index in [-0.39, 0.29) is 5.91 Å². The first-order valence-electron chi connectivity index (χ1n) is 6.62. The molecule has 0 spiro atoms. The van der Waals surface area contributed by atoms with Crippen molar-refractivity contribution in [3.8, 4) is 0 Å². The van der Waals surface area contributed by atoms with Crippen molar-refractivity contribution in [3.63, 3.8) is 0 Å². The van der Waals surface area contributed by atoms with Gasteiger partial charge in [0.05, 0.1) is 0 Å². The predicted molar refractivity (Wildman–Crippen MR) is 78.6 cm³/mol. The van der Waals surface area contributed by atoms with Crippen molar-refractivity contribution in [1.29, 1.82) is 0 Å². The van der Waals surface area contributed by atoms with Gasteiger partial charge < -0.3 is 10.2 Å². The van der Waals surface area contributed by atoms with Crippen molar-refractivity contribution in [2.75, 3.05) is 25.0 Å². The van der Waals surface area contributed by atoms with Gasteiger partial charge in [0.2, 0.25) is 0 Å². The zero-order valence-corrected chi connectivity index (χ0v) is 12.4. The average Bonchev–Trinajstić information content (AvgIpc) is 2.38. The summed E-state index contributed by atoms with van der Waals surface area (Å²) < 4.78 is 0. The molecular formula is C13H20N4OS. The predicted octanol–water partition coefficient (Wildman–Crippen LogP) is 1.87. The Balaban J connectivity index is 2.06. The van der Waals surface area contributed by atoms with Gasteiger partial charge in [-0.15, -0.1) is 10.2 Å². The van der Waals surface area contributed by atoms with Crippen LogP contribution in [0.15, 0.2) is 12.1 Å². The second-order valence-corrected chi connectivity index (χ2v) is 6.68. The van der Waals surface area contributed by atoms with Gasteiger partial charge in [0, 0.05) is 30.1 Å². The number of nitrogens with one attached hydrogen (secondary N) is 1. The minimum Gasteiger partial charge on any atom is -0.369 e. The summed E-state index contributed by atoms with van der Waals surface area (Å²) in [5.74, 6) is 0.685. The van der Waals surface area contributed by atoms with E-state index in [2.05, 4.69) is 29.4 Å². The molecule has 104 valence electrons. The van der Waals surface area contributed by atoms with Gasteiger partial charge in [0.1, 0.15) is 5.82 Å². The molecule has 6 heteroatoms. The summed E-state index contributed by atoms with van der Waals surface area (Å²) >= 11 is 1.93. The van der Waals surface area contributed by atoms with Gasteiger partial charge in [-0.05, 0) is 19.1 Å². The molecule has 1 fully saturated rings. The molecule has 1 aliphatic rings. The normalized spacial score (nSPS) is 23.2. The molecule has 0 bridgehead atoms. The Morgan fingerprint density at radius 2 is 2.05 bits per heavy atom. The molecule has 0 aliphatic carbocycles. The van der Waals surface area contributed by atoms with Crippen LogP contribution < -0.4 is 5.32 Å². The van der Waals surface area contributed by atoms with E-state index in [0.717, 1.165) is 19.6 Å². The van der Waals surface area contributed by atoms with Crippen LogP contribution in [0.4, 0.5) is 5.82 Å². The SMILES string of the molecule is CCNc1ccc(C(=O)N2CC(C)SC(C)C2)nn1. The molecule has 0 aromatic carbocycles. The first kappa shape index (κ1) is 14.1. The van der Waals surface area contributed by atoms with Gasteiger partial charge in [-0.1, -0.05) is 13.8 Å². The summed E-state index contributed by atoms with van der Waals surface area (Å²) in [7, 11) is 0. The number of rotatable bonds is 3. The van der Waals surface area contributed by atoms with Crippen molar-refractivity contribution in [1.82, 2.24) is 15.1 Å². The maximum Gasteiger partial charge on any atom is 0.274 e. The minimum atomic E-state index is -0.0189. The van der Waals surface area contributed by atoms with E-state index in [4.69, 9.17) is 0 Å². The third kappa shape index (κ3) is 3.59. The third-order valence-corrected chi connectivity index (χ3v) is 4.18. The fourth-order valence-electron chi connectivity index (χ4n) is 2.23. The van der Waals surface area contributed by atoms with Crippen LogP contribution in [0.1, 0.15) is 31.3 Å². The zero-order chi connectivity index (χ0) is 13.8. The number of thioether (sulfide) groups is 1. The molecule has 2 atom stereocenters. The summed E-state index contributed by atoms with van der Waals surface area (Å²) in [5.41, 5.74) is 0.424. The number of anilines is 1. The summed E-state index contributed by atoms with van der Waals surface area (Å²) in [4.78, 5) is 14.2. The summed E-state index contributed by atoms with van der Waals surface area (Å²) in [6, 6.07) is 3.54. The maximum absolute atomic E-state index is 12.4. The Bertz CT molecular complexity index is 427. The van der Waals surface area contributed by atoms with Gasteiger partial charge in [0.15, 0.2) is 5.69 Å². The van der Waals surface area contributed by atoms with Gasteiger partial charge in [0.25, 0.3) is 5.91 Å². The molecule has 1 amide bonds. The van der Waals surface area contributed by atoms with E-state index in [9.17, 15) is 4.79 Å². The van der Waals surface area contributed by atoms with Crippen LogP contribution in [0.5, 0.6) is 0 Å². The Hall–Kier alpha value is -1.30. The second-order valence-electron chi connectivity index (χ2n) is 4.80. The largest absolute Gasteiger partial charge is 0.369 e. The molecular weight excluding hydrogens is 260 g/mol. The molecule has 1 saturated heterocycles. The smallest absolute Gasteiger partial charge is 0.274 e. The lowest BCUT2D eigenvalue weighted by atomic mass is 10.2. The summed E-state index contributed by atoms with van der Waals surface area (Å²) in [6.07, 6.45) is 0. The first-order valence-corrected chi connectivity index (χ1v) is 7.56. The molecule has 0 radical (unpaired) electrons. The Kier molecular flexibility index (Phi) is 4.63. The van der Waals surface area contributed by atoms with Gasteiger partial charge in [-0.3, -0.25) is 4.79 Å². The molecule has 2 rings (SSSR count). The number of hydrogen-bond donors (Lipinski definition) is 1. The summed E-state index contributed by atoms with van der Waals surface area (Å²) in [5, 5.41) is 12.0. The van der Waals surface area contributed by atoms with Crippen molar-refractivity contribution >= 4 is 23.5 Å². The molecule has 2 heterocycles.